The third-order valence-corrected chi connectivity index (χ3v) is 11.7. The van der Waals surface area contributed by atoms with Crippen molar-refractivity contribution in [2.75, 3.05) is 14.2 Å². The van der Waals surface area contributed by atoms with Gasteiger partial charge in [0.05, 0.1) is 27.1 Å². The molecule has 0 heterocycles. The van der Waals surface area contributed by atoms with Crippen molar-refractivity contribution in [3.05, 3.63) is 58.7 Å². The number of ether oxygens (including phenoxy) is 2. The lowest BCUT2D eigenvalue weighted by Crippen LogP contribution is -2.44. The summed E-state index contributed by atoms with van der Waals surface area (Å²) in [5.41, 5.74) is 0.159. The van der Waals surface area contributed by atoms with Crippen molar-refractivity contribution in [2.24, 2.45) is 0 Å². The van der Waals surface area contributed by atoms with Gasteiger partial charge in [-0.25, -0.2) is 17.6 Å². The largest absolute Gasteiger partial charge is 0.541 e. The molecule has 0 amide bonds. The van der Waals surface area contributed by atoms with Gasteiger partial charge in [0.1, 0.15) is 17.4 Å². The molecule has 0 radical (unpaired) electrons. The van der Waals surface area contributed by atoms with Crippen LogP contribution in [0.5, 0.6) is 11.5 Å². The average molecular weight is 635 g/mol. The quantitative estimate of drug-likeness (QED) is 0.159. The normalized spacial score (nSPS) is 12.4. The fourth-order valence-corrected chi connectivity index (χ4v) is 4.80. The summed E-state index contributed by atoms with van der Waals surface area (Å²) in [5.74, 6) is -5.50. The highest BCUT2D eigenvalue weighted by Gasteiger charge is 2.40. The summed E-state index contributed by atoms with van der Waals surface area (Å²) in [7, 11) is 0.206. The number of carbonyl (C=O) groups excluding carboxylic acids is 2. The molecule has 0 aliphatic carbocycles. The van der Waals surface area contributed by atoms with Crippen LogP contribution in [0, 0.1) is 23.3 Å². The Labute approximate surface area is 255 Å². The van der Waals surface area contributed by atoms with Crippen LogP contribution < -0.4 is 4.43 Å². The predicted molar refractivity (Wildman–Crippen MR) is 165 cm³/mol. The molecule has 43 heavy (non-hydrogen) atoms. The van der Waals surface area contributed by atoms with E-state index < -0.39 is 61.1 Å². The number of aromatic hydroxyl groups is 1. The molecule has 0 spiro atoms. The first-order valence-corrected chi connectivity index (χ1v) is 16.3. The fraction of sp³-hybridized carbons (Fsp3) is 0.562. The molecule has 1 N–H and O–H groups in total. The summed E-state index contributed by atoms with van der Waals surface area (Å²) >= 11 is 0. The first-order chi connectivity index (χ1) is 18.9. The van der Waals surface area contributed by atoms with Gasteiger partial charge in [-0.2, -0.15) is 0 Å². The molecular formula is C32H50F4O6Si. The predicted octanol–water partition coefficient (Wildman–Crippen LogP) is 9.40. The summed E-state index contributed by atoms with van der Waals surface area (Å²) in [4.78, 5) is 22.7. The summed E-state index contributed by atoms with van der Waals surface area (Å²) in [6.07, 6.45) is 0.892. The molecule has 2 aromatic carbocycles. The molecule has 2 unspecified atom stereocenters. The van der Waals surface area contributed by atoms with Crippen molar-refractivity contribution in [1.82, 2.24) is 0 Å². The number of rotatable bonds is 10. The van der Waals surface area contributed by atoms with Crippen LogP contribution in [-0.4, -0.2) is 39.6 Å². The molecule has 2 atom stereocenters. The number of carbonyl (C=O) groups is 2. The van der Waals surface area contributed by atoms with E-state index in [1.165, 1.54) is 14.2 Å². The molecule has 246 valence electrons. The minimum atomic E-state index is -2.31. The number of hydrogen-bond acceptors (Lipinski definition) is 6. The van der Waals surface area contributed by atoms with Crippen molar-refractivity contribution in [2.45, 2.75) is 105 Å². The van der Waals surface area contributed by atoms with Crippen LogP contribution in [0.2, 0.25) is 18.1 Å². The van der Waals surface area contributed by atoms with Gasteiger partial charge in [0.15, 0.2) is 17.4 Å². The molecule has 0 bridgehead atoms. The summed E-state index contributed by atoms with van der Waals surface area (Å²) in [6.45, 7) is 13.6. The van der Waals surface area contributed by atoms with E-state index >= 15 is 0 Å². The van der Waals surface area contributed by atoms with Gasteiger partial charge >= 0.3 is 11.9 Å². The van der Waals surface area contributed by atoms with Gasteiger partial charge in [0.25, 0.3) is 8.32 Å². The zero-order valence-corrected chi connectivity index (χ0v) is 26.3. The van der Waals surface area contributed by atoms with Crippen LogP contribution >= 0.6 is 0 Å². The lowest BCUT2D eigenvalue weighted by Gasteiger charge is -2.36. The van der Waals surface area contributed by atoms with Gasteiger partial charge in [0, 0.05) is 12.1 Å². The Morgan fingerprint density at radius 1 is 0.791 bits per heavy atom. The standard InChI is InChI=1S/C18H28F2O3Si.C12H14F2O3.2CH4/c1-8-12(9-16(21)22-5)14-10-13(19)11-15(17(14)20)23-24(6,7)18(2,3)4;1-3-7(4-11(16)17-2)9-5-8(13)6-10(15)12(9)14;;/h10-12H,8-9H2,1-7H3;5-7,15H,3-4H2,1-2H3;2*1H4. The van der Waals surface area contributed by atoms with Crippen LogP contribution in [0.3, 0.4) is 0 Å². The molecule has 2 aromatic rings. The van der Waals surface area contributed by atoms with E-state index in [0.29, 0.717) is 18.9 Å². The second-order valence-electron chi connectivity index (χ2n) is 11.3. The number of phenolic OH excluding ortho intramolecular Hbond substituents is 1. The average Bonchev–Trinajstić information content (AvgIpc) is 2.89. The Hall–Kier alpha value is -3.08. The van der Waals surface area contributed by atoms with Gasteiger partial charge < -0.3 is 19.0 Å². The van der Waals surface area contributed by atoms with Gasteiger partial charge in [-0.3, -0.25) is 9.59 Å². The Balaban J connectivity index is 0. The van der Waals surface area contributed by atoms with Gasteiger partial charge in [-0.05, 0) is 66.1 Å². The second-order valence-corrected chi connectivity index (χ2v) is 16.0. The van der Waals surface area contributed by atoms with Gasteiger partial charge in [-0.1, -0.05) is 49.5 Å². The molecule has 0 fully saturated rings. The number of benzene rings is 2. The monoisotopic (exact) mass is 634 g/mol. The second kappa shape index (κ2) is 17.9. The molecule has 0 aromatic heterocycles. The number of esters is 2. The van der Waals surface area contributed by atoms with Gasteiger partial charge in [0.2, 0.25) is 0 Å². The fourth-order valence-electron chi connectivity index (χ4n) is 3.79. The molecule has 6 nitrogen and oxygen atoms in total. The minimum Gasteiger partial charge on any atom is -0.541 e. The van der Waals surface area contributed by atoms with E-state index in [4.69, 9.17) is 4.43 Å². The topological polar surface area (TPSA) is 82.1 Å². The Morgan fingerprint density at radius 3 is 1.56 bits per heavy atom. The lowest BCUT2D eigenvalue weighted by molar-refractivity contribution is -0.142. The molecule has 0 saturated heterocycles. The Morgan fingerprint density at radius 2 is 1.19 bits per heavy atom. The number of methoxy groups -OCH3 is 2. The molecular weight excluding hydrogens is 584 g/mol. The van der Waals surface area contributed by atoms with Crippen molar-refractivity contribution in [3.63, 3.8) is 0 Å². The minimum absolute atomic E-state index is 0. The molecule has 2 rings (SSSR count). The van der Waals surface area contributed by atoms with Crippen molar-refractivity contribution >= 4 is 20.3 Å². The molecule has 0 saturated carbocycles. The van der Waals surface area contributed by atoms with Crippen LogP contribution in [-0.2, 0) is 19.1 Å². The first-order valence-electron chi connectivity index (χ1n) is 13.4. The SMILES string of the molecule is C.C.CCC(CC(=O)OC)c1cc(F)cc(O)c1F.CCC(CC(=O)OC)c1cc(F)cc(O[Si](C)(C)C(C)(C)C)c1F. The van der Waals surface area contributed by atoms with Crippen molar-refractivity contribution in [1.29, 1.82) is 0 Å². The maximum absolute atomic E-state index is 14.9. The highest BCUT2D eigenvalue weighted by molar-refractivity contribution is 6.74. The summed E-state index contributed by atoms with van der Waals surface area (Å²) in [6, 6.07) is 3.92. The van der Waals surface area contributed by atoms with Crippen LogP contribution in [0.1, 0.15) is 98.1 Å². The van der Waals surface area contributed by atoms with Crippen LogP contribution in [0.4, 0.5) is 17.6 Å². The van der Waals surface area contributed by atoms with E-state index in [0.717, 1.165) is 18.2 Å². The third kappa shape index (κ3) is 11.8. The number of hydrogen-bond donors (Lipinski definition) is 1. The van der Waals surface area contributed by atoms with E-state index in [1.807, 2.05) is 40.8 Å². The molecule has 11 heteroatoms. The molecule has 0 aliphatic rings. The van der Waals surface area contributed by atoms with Crippen molar-refractivity contribution < 1.29 is 46.2 Å². The van der Waals surface area contributed by atoms with Crippen LogP contribution in [0.25, 0.3) is 0 Å². The Bertz CT molecular complexity index is 1200. The van der Waals surface area contributed by atoms with Gasteiger partial charge in [-0.15, -0.1) is 0 Å². The molecule has 0 aliphatic heterocycles. The lowest BCUT2D eigenvalue weighted by atomic mass is 9.92. The van der Waals surface area contributed by atoms with E-state index in [2.05, 4.69) is 9.47 Å². The van der Waals surface area contributed by atoms with E-state index in [1.54, 1.807) is 6.92 Å². The zero-order valence-electron chi connectivity index (χ0n) is 25.3. The highest BCUT2D eigenvalue weighted by Crippen LogP contribution is 2.40. The summed E-state index contributed by atoms with van der Waals surface area (Å²) in [5, 5.41) is 9.05. The van der Waals surface area contributed by atoms with E-state index in [9.17, 15) is 32.3 Å². The summed E-state index contributed by atoms with van der Waals surface area (Å²) < 4.78 is 70.8. The maximum atomic E-state index is 14.9. The Kier molecular flexibility index (Phi) is 17.5. The van der Waals surface area contributed by atoms with E-state index in [-0.39, 0.29) is 49.6 Å². The smallest absolute Gasteiger partial charge is 0.306 e. The first kappa shape index (κ1) is 42.1. The third-order valence-electron chi connectivity index (χ3n) is 7.40. The van der Waals surface area contributed by atoms with Crippen molar-refractivity contribution in [3.8, 4) is 11.5 Å². The van der Waals surface area contributed by atoms with Crippen LogP contribution in [0.15, 0.2) is 24.3 Å². The number of phenols is 1. The number of halogens is 4. The maximum Gasteiger partial charge on any atom is 0.306 e. The zero-order chi connectivity index (χ0) is 31.7. The highest BCUT2D eigenvalue weighted by atomic mass is 28.4.